The second-order valence-corrected chi connectivity index (χ2v) is 5.89. The number of likely N-dealkylation sites (N-methyl/N-ethyl adjacent to an activating group) is 1. The fourth-order valence-electron chi connectivity index (χ4n) is 3.15. The average Bonchev–Trinajstić information content (AvgIpc) is 2.94. The molecule has 0 saturated carbocycles. The number of ether oxygens (including phenoxy) is 1. The van der Waals surface area contributed by atoms with Crippen molar-refractivity contribution in [3.8, 4) is 0 Å². The van der Waals surface area contributed by atoms with Gasteiger partial charge in [0.2, 0.25) is 5.91 Å². The number of aliphatic hydroxyl groups excluding tert-OH is 1. The minimum absolute atomic E-state index is 0.00208. The van der Waals surface area contributed by atoms with Crippen molar-refractivity contribution in [2.75, 3.05) is 33.3 Å². The topological polar surface area (TPSA) is 53.0 Å². The van der Waals surface area contributed by atoms with Gasteiger partial charge >= 0.3 is 0 Å². The molecule has 0 aromatic heterocycles. The maximum atomic E-state index is 12.4. The Morgan fingerprint density at radius 3 is 2.86 bits per heavy atom. The first-order valence-corrected chi connectivity index (χ1v) is 7.48. The summed E-state index contributed by atoms with van der Waals surface area (Å²) >= 11 is 0. The van der Waals surface area contributed by atoms with Crippen LogP contribution in [0, 0.1) is 0 Å². The first-order valence-electron chi connectivity index (χ1n) is 7.48. The van der Waals surface area contributed by atoms with Crippen molar-refractivity contribution in [3.05, 3.63) is 35.9 Å². The van der Waals surface area contributed by atoms with Crippen LogP contribution in [0.2, 0.25) is 0 Å². The Hall–Kier alpha value is -1.43. The van der Waals surface area contributed by atoms with E-state index in [0.29, 0.717) is 13.1 Å². The summed E-state index contributed by atoms with van der Waals surface area (Å²) in [5, 5.41) is 10.2. The van der Waals surface area contributed by atoms with E-state index < -0.39 is 6.10 Å². The molecule has 2 fully saturated rings. The fourth-order valence-corrected chi connectivity index (χ4v) is 3.15. The van der Waals surface area contributed by atoms with Gasteiger partial charge < -0.3 is 14.7 Å². The van der Waals surface area contributed by atoms with E-state index in [9.17, 15) is 9.90 Å². The van der Waals surface area contributed by atoms with Crippen LogP contribution in [0.3, 0.4) is 0 Å². The van der Waals surface area contributed by atoms with Gasteiger partial charge in [0.1, 0.15) is 0 Å². The van der Waals surface area contributed by atoms with E-state index in [1.54, 1.807) is 0 Å². The van der Waals surface area contributed by atoms with E-state index >= 15 is 0 Å². The molecule has 2 heterocycles. The van der Waals surface area contributed by atoms with Gasteiger partial charge in [-0.1, -0.05) is 30.3 Å². The minimum atomic E-state index is -0.736. The Bertz CT molecular complexity index is 494. The highest BCUT2D eigenvalue weighted by atomic mass is 16.5. The van der Waals surface area contributed by atoms with Crippen molar-refractivity contribution < 1.29 is 14.6 Å². The minimum Gasteiger partial charge on any atom is -0.388 e. The Morgan fingerprint density at radius 1 is 1.38 bits per heavy atom. The predicted octanol–water partition coefficient (Wildman–Crippen LogP) is 0.651. The van der Waals surface area contributed by atoms with Gasteiger partial charge in [0, 0.05) is 19.6 Å². The van der Waals surface area contributed by atoms with Crippen molar-refractivity contribution in [2.45, 2.75) is 24.7 Å². The summed E-state index contributed by atoms with van der Waals surface area (Å²) in [6.45, 7) is 2.97. The van der Waals surface area contributed by atoms with Gasteiger partial charge in [-0.25, -0.2) is 0 Å². The smallest absolute Gasteiger partial charge is 0.225 e. The molecule has 0 spiro atoms. The van der Waals surface area contributed by atoms with Crippen LogP contribution in [0.5, 0.6) is 0 Å². The summed E-state index contributed by atoms with van der Waals surface area (Å²) < 4.78 is 5.74. The van der Waals surface area contributed by atoms with E-state index in [1.807, 2.05) is 35.2 Å². The zero-order chi connectivity index (χ0) is 14.8. The summed E-state index contributed by atoms with van der Waals surface area (Å²) in [4.78, 5) is 16.5. The highest BCUT2D eigenvalue weighted by Crippen LogP contribution is 2.24. The lowest BCUT2D eigenvalue weighted by Gasteiger charge is -2.33. The van der Waals surface area contributed by atoms with Crippen LogP contribution in [0.25, 0.3) is 0 Å². The van der Waals surface area contributed by atoms with E-state index in [4.69, 9.17) is 4.74 Å². The summed E-state index contributed by atoms with van der Waals surface area (Å²) in [6.07, 6.45) is -0.491. The van der Waals surface area contributed by atoms with E-state index in [-0.39, 0.29) is 24.5 Å². The number of hydrogen-bond acceptors (Lipinski definition) is 4. The third-order valence-corrected chi connectivity index (χ3v) is 4.48. The Kier molecular flexibility index (Phi) is 4.24. The van der Waals surface area contributed by atoms with Crippen LogP contribution in [0.15, 0.2) is 30.3 Å². The van der Waals surface area contributed by atoms with Gasteiger partial charge in [0.25, 0.3) is 0 Å². The summed E-state index contributed by atoms with van der Waals surface area (Å²) in [6, 6.07) is 9.62. The predicted molar refractivity (Wildman–Crippen MR) is 78.8 cm³/mol. The van der Waals surface area contributed by atoms with Crippen molar-refractivity contribution in [1.29, 1.82) is 0 Å². The van der Waals surface area contributed by atoms with E-state index in [0.717, 1.165) is 18.7 Å². The number of hydrogen-bond donors (Lipinski definition) is 1. The van der Waals surface area contributed by atoms with Crippen LogP contribution >= 0.6 is 0 Å². The number of nitrogens with zero attached hydrogens (tertiary/aromatic N) is 2. The molecule has 1 N–H and O–H groups in total. The molecule has 1 aromatic carbocycles. The first kappa shape index (κ1) is 14.5. The molecule has 0 aliphatic carbocycles. The number of carbonyl (C=O) groups is 1. The molecule has 2 aliphatic heterocycles. The number of carbonyl (C=O) groups excluding carboxylic acids is 1. The molecule has 114 valence electrons. The lowest BCUT2D eigenvalue weighted by atomic mass is 10.1. The van der Waals surface area contributed by atoms with Crippen LogP contribution in [-0.4, -0.2) is 66.2 Å². The molecule has 3 atom stereocenters. The molecular formula is C16H22N2O3. The van der Waals surface area contributed by atoms with Crippen LogP contribution in [-0.2, 0) is 9.53 Å². The maximum absolute atomic E-state index is 12.4. The van der Waals surface area contributed by atoms with E-state index in [1.165, 1.54) is 0 Å². The second kappa shape index (κ2) is 6.13. The number of fused-ring (bicyclic) bond motifs is 1. The van der Waals surface area contributed by atoms with Crippen LogP contribution in [0.1, 0.15) is 18.1 Å². The Labute approximate surface area is 125 Å². The Balaban J connectivity index is 1.59. The molecule has 1 amide bonds. The quantitative estimate of drug-likeness (QED) is 0.888. The largest absolute Gasteiger partial charge is 0.388 e. The molecule has 0 radical (unpaired) electrons. The molecule has 2 aliphatic rings. The monoisotopic (exact) mass is 290 g/mol. The first-order chi connectivity index (χ1) is 10.1. The molecule has 3 unspecified atom stereocenters. The van der Waals surface area contributed by atoms with Crippen molar-refractivity contribution in [3.63, 3.8) is 0 Å². The highest BCUT2D eigenvalue weighted by Gasteiger charge is 2.40. The lowest BCUT2D eigenvalue weighted by Crippen LogP contribution is -2.48. The van der Waals surface area contributed by atoms with Crippen molar-refractivity contribution >= 4 is 5.91 Å². The molecule has 2 saturated heterocycles. The molecule has 5 heteroatoms. The number of morpholine rings is 1. The number of rotatable bonds is 3. The van der Waals surface area contributed by atoms with Crippen molar-refractivity contribution in [2.24, 2.45) is 0 Å². The molecule has 21 heavy (non-hydrogen) atoms. The number of aliphatic hydroxyl groups is 1. The Morgan fingerprint density at radius 2 is 2.14 bits per heavy atom. The van der Waals surface area contributed by atoms with Gasteiger partial charge in [-0.05, 0) is 12.6 Å². The number of benzene rings is 1. The SMILES string of the molecule is CN1CCOC2CN(C(=O)CC(O)c3ccccc3)CC21. The second-order valence-electron chi connectivity index (χ2n) is 5.89. The van der Waals surface area contributed by atoms with Crippen LogP contribution < -0.4 is 0 Å². The molecule has 5 nitrogen and oxygen atoms in total. The van der Waals surface area contributed by atoms with Gasteiger partial charge in [-0.2, -0.15) is 0 Å². The van der Waals surface area contributed by atoms with E-state index in [2.05, 4.69) is 11.9 Å². The zero-order valence-corrected chi connectivity index (χ0v) is 12.3. The lowest BCUT2D eigenvalue weighted by molar-refractivity contribution is -0.132. The molecular weight excluding hydrogens is 268 g/mol. The summed E-state index contributed by atoms with van der Waals surface area (Å²) in [5.74, 6) is -0.00208. The maximum Gasteiger partial charge on any atom is 0.225 e. The molecule has 0 bridgehead atoms. The molecule has 1 aromatic rings. The van der Waals surface area contributed by atoms with Crippen LogP contribution in [0.4, 0.5) is 0 Å². The summed E-state index contributed by atoms with van der Waals surface area (Å²) in [7, 11) is 2.08. The zero-order valence-electron chi connectivity index (χ0n) is 12.3. The van der Waals surface area contributed by atoms with Gasteiger partial charge in [0.05, 0.1) is 31.3 Å². The highest BCUT2D eigenvalue weighted by molar-refractivity contribution is 5.77. The third kappa shape index (κ3) is 3.10. The van der Waals surface area contributed by atoms with Crippen molar-refractivity contribution in [1.82, 2.24) is 9.80 Å². The normalized spacial score (nSPS) is 27.4. The fraction of sp³-hybridized carbons (Fsp3) is 0.562. The standard InChI is InChI=1S/C16H22N2O3/c1-17-7-8-21-15-11-18(10-13(15)17)16(20)9-14(19)12-5-3-2-4-6-12/h2-6,13-15,19H,7-11H2,1H3. The number of amides is 1. The van der Waals surface area contributed by atoms with Gasteiger partial charge in [0.15, 0.2) is 0 Å². The summed E-state index contributed by atoms with van der Waals surface area (Å²) in [5.41, 5.74) is 0.788. The van der Waals surface area contributed by atoms with Gasteiger partial charge in [-0.15, -0.1) is 0 Å². The molecule has 3 rings (SSSR count). The van der Waals surface area contributed by atoms with Gasteiger partial charge in [-0.3, -0.25) is 9.69 Å². The third-order valence-electron chi connectivity index (χ3n) is 4.48. The average molecular weight is 290 g/mol. The number of likely N-dealkylation sites (tertiary alicyclic amines) is 1.